The van der Waals surface area contributed by atoms with Crippen LogP contribution in [0.4, 0.5) is 0 Å². The van der Waals surface area contributed by atoms with Crippen molar-refractivity contribution < 1.29 is 14.4 Å². The van der Waals surface area contributed by atoms with E-state index in [1.807, 2.05) is 6.92 Å². The molecular formula is C13H23N3O3. The lowest BCUT2D eigenvalue weighted by atomic mass is 9.96. The number of β-amino-alcohol motifs (C(OH)–C–C–N with tert-alkyl or cyclic N) is 1. The normalized spacial score (nSPS) is 24.0. The molecular weight excluding hydrogens is 246 g/mol. The fraction of sp³-hybridized carbons (Fsp3) is 0.846. The zero-order chi connectivity index (χ0) is 13.9. The molecule has 1 aliphatic heterocycles. The van der Waals surface area contributed by atoms with Crippen LogP contribution in [-0.2, 0) is 10.3 Å². The van der Waals surface area contributed by atoms with Gasteiger partial charge in [-0.2, -0.15) is 4.98 Å². The van der Waals surface area contributed by atoms with Gasteiger partial charge in [0, 0.05) is 13.2 Å². The van der Waals surface area contributed by atoms with Crippen molar-refractivity contribution in [2.75, 3.05) is 13.2 Å². The minimum absolute atomic E-state index is 0.0516. The Labute approximate surface area is 113 Å². The summed E-state index contributed by atoms with van der Waals surface area (Å²) in [5.74, 6) is 1.15. The maximum atomic E-state index is 9.53. The van der Waals surface area contributed by atoms with Crippen LogP contribution in [0.2, 0.25) is 0 Å². The molecule has 0 unspecified atom stereocenters. The summed E-state index contributed by atoms with van der Waals surface area (Å²) >= 11 is 0. The van der Waals surface area contributed by atoms with Gasteiger partial charge < -0.3 is 19.7 Å². The highest BCUT2D eigenvalue weighted by atomic mass is 16.5. The Balaban J connectivity index is 2.18. The molecule has 6 heteroatoms. The summed E-state index contributed by atoms with van der Waals surface area (Å²) in [6.07, 6.45) is 1.88. The fourth-order valence-electron chi connectivity index (χ4n) is 2.58. The molecule has 0 aromatic carbocycles. The van der Waals surface area contributed by atoms with Crippen molar-refractivity contribution in [2.45, 2.75) is 57.8 Å². The lowest BCUT2D eigenvalue weighted by molar-refractivity contribution is -0.0583. The van der Waals surface area contributed by atoms with E-state index in [0.29, 0.717) is 31.3 Å². The number of hydrogen-bond acceptors (Lipinski definition) is 6. The van der Waals surface area contributed by atoms with Gasteiger partial charge in [-0.3, -0.25) is 0 Å². The first kappa shape index (κ1) is 14.4. The van der Waals surface area contributed by atoms with Crippen LogP contribution in [0.3, 0.4) is 0 Å². The summed E-state index contributed by atoms with van der Waals surface area (Å²) in [6.45, 7) is 7.28. The third-order valence-electron chi connectivity index (χ3n) is 3.82. The molecule has 1 aliphatic rings. The standard InChI is InChI=1S/C13H23N3O3/c1-4-13(5-2,18-6-3)12-15-11(19-16-12)10-7-9(17)8-14-10/h9-10,14,17H,4-8H2,1-3H3/t9-,10+/m0/s1. The second kappa shape index (κ2) is 5.98. The third-order valence-corrected chi connectivity index (χ3v) is 3.82. The van der Waals surface area contributed by atoms with Gasteiger partial charge in [0.2, 0.25) is 11.7 Å². The van der Waals surface area contributed by atoms with E-state index in [2.05, 4.69) is 29.3 Å². The Hall–Kier alpha value is -0.980. The van der Waals surface area contributed by atoms with Crippen LogP contribution in [-0.4, -0.2) is 34.5 Å². The molecule has 0 saturated carbocycles. The minimum atomic E-state index is -0.465. The Bertz CT molecular complexity index is 404. The zero-order valence-corrected chi connectivity index (χ0v) is 11.8. The summed E-state index contributed by atoms with van der Waals surface area (Å²) in [5.41, 5.74) is -0.465. The second-order valence-corrected chi connectivity index (χ2v) is 4.94. The van der Waals surface area contributed by atoms with Crippen molar-refractivity contribution >= 4 is 0 Å². The maximum absolute atomic E-state index is 9.53. The summed E-state index contributed by atoms with van der Waals surface area (Å²) in [7, 11) is 0. The quantitative estimate of drug-likeness (QED) is 0.815. The minimum Gasteiger partial charge on any atom is -0.392 e. The van der Waals surface area contributed by atoms with Crippen LogP contribution in [0, 0.1) is 0 Å². The predicted molar refractivity (Wildman–Crippen MR) is 69.6 cm³/mol. The van der Waals surface area contributed by atoms with Gasteiger partial charge in [-0.05, 0) is 26.2 Å². The molecule has 2 rings (SSSR count). The molecule has 0 amide bonds. The van der Waals surface area contributed by atoms with Gasteiger partial charge in [-0.25, -0.2) is 0 Å². The predicted octanol–water partition coefficient (Wildman–Crippen LogP) is 1.52. The summed E-state index contributed by atoms with van der Waals surface area (Å²) in [6, 6.07) is -0.0516. The Kier molecular flexibility index (Phi) is 4.54. The van der Waals surface area contributed by atoms with Gasteiger partial charge >= 0.3 is 0 Å². The maximum Gasteiger partial charge on any atom is 0.243 e. The van der Waals surface area contributed by atoms with E-state index in [-0.39, 0.29) is 12.1 Å². The van der Waals surface area contributed by atoms with E-state index >= 15 is 0 Å². The van der Waals surface area contributed by atoms with Crippen LogP contribution in [0.15, 0.2) is 4.52 Å². The number of ether oxygens (including phenoxy) is 1. The van der Waals surface area contributed by atoms with Crippen LogP contribution >= 0.6 is 0 Å². The molecule has 0 spiro atoms. The second-order valence-electron chi connectivity index (χ2n) is 4.94. The van der Waals surface area contributed by atoms with E-state index in [4.69, 9.17) is 9.26 Å². The van der Waals surface area contributed by atoms with Crippen molar-refractivity contribution in [3.05, 3.63) is 11.7 Å². The Morgan fingerprint density at radius 1 is 1.42 bits per heavy atom. The molecule has 6 nitrogen and oxygen atoms in total. The third kappa shape index (κ3) is 2.80. The first-order chi connectivity index (χ1) is 9.15. The number of nitrogens with zero attached hydrogens (tertiary/aromatic N) is 2. The van der Waals surface area contributed by atoms with Gasteiger partial charge in [0.05, 0.1) is 12.1 Å². The van der Waals surface area contributed by atoms with Crippen LogP contribution in [0.25, 0.3) is 0 Å². The van der Waals surface area contributed by atoms with Gasteiger partial charge in [-0.15, -0.1) is 0 Å². The number of rotatable bonds is 6. The van der Waals surface area contributed by atoms with Gasteiger partial charge in [-0.1, -0.05) is 19.0 Å². The first-order valence-electron chi connectivity index (χ1n) is 7.04. The monoisotopic (exact) mass is 269 g/mol. The molecule has 19 heavy (non-hydrogen) atoms. The molecule has 1 saturated heterocycles. The van der Waals surface area contributed by atoms with Crippen molar-refractivity contribution in [3.63, 3.8) is 0 Å². The number of nitrogens with one attached hydrogen (secondary N) is 1. The van der Waals surface area contributed by atoms with Gasteiger partial charge in [0.1, 0.15) is 5.60 Å². The van der Waals surface area contributed by atoms with Crippen molar-refractivity contribution in [2.24, 2.45) is 0 Å². The van der Waals surface area contributed by atoms with Crippen LogP contribution in [0.5, 0.6) is 0 Å². The zero-order valence-electron chi connectivity index (χ0n) is 11.8. The van der Waals surface area contributed by atoms with E-state index in [1.165, 1.54) is 0 Å². The molecule has 2 atom stereocenters. The molecule has 0 bridgehead atoms. The molecule has 108 valence electrons. The van der Waals surface area contributed by atoms with Crippen molar-refractivity contribution in [1.82, 2.24) is 15.5 Å². The first-order valence-corrected chi connectivity index (χ1v) is 7.04. The van der Waals surface area contributed by atoms with Crippen LogP contribution < -0.4 is 5.32 Å². The average molecular weight is 269 g/mol. The molecule has 0 aliphatic carbocycles. The lowest BCUT2D eigenvalue weighted by Crippen LogP contribution is -2.30. The highest BCUT2D eigenvalue weighted by molar-refractivity contribution is 5.04. The fourth-order valence-corrected chi connectivity index (χ4v) is 2.58. The molecule has 1 aromatic heterocycles. The van der Waals surface area contributed by atoms with Crippen molar-refractivity contribution in [3.8, 4) is 0 Å². The van der Waals surface area contributed by atoms with E-state index in [1.54, 1.807) is 0 Å². The summed E-state index contributed by atoms with van der Waals surface area (Å²) < 4.78 is 11.2. The van der Waals surface area contributed by atoms with Crippen LogP contribution in [0.1, 0.15) is 57.8 Å². The Morgan fingerprint density at radius 3 is 2.68 bits per heavy atom. The molecule has 2 N–H and O–H groups in total. The Morgan fingerprint density at radius 2 is 2.16 bits per heavy atom. The van der Waals surface area contributed by atoms with Gasteiger partial charge in [0.15, 0.2) is 0 Å². The summed E-state index contributed by atoms with van der Waals surface area (Å²) in [4.78, 5) is 4.48. The van der Waals surface area contributed by atoms with Crippen molar-refractivity contribution in [1.29, 1.82) is 0 Å². The van der Waals surface area contributed by atoms with Gasteiger partial charge in [0.25, 0.3) is 0 Å². The number of aliphatic hydroxyl groups is 1. The largest absolute Gasteiger partial charge is 0.392 e. The van der Waals surface area contributed by atoms with E-state index in [9.17, 15) is 5.11 Å². The lowest BCUT2D eigenvalue weighted by Gasteiger charge is -2.27. The molecule has 2 heterocycles. The number of aliphatic hydroxyl groups excluding tert-OH is 1. The summed E-state index contributed by atoms with van der Waals surface area (Å²) in [5, 5.41) is 16.8. The highest BCUT2D eigenvalue weighted by Gasteiger charge is 2.36. The van der Waals surface area contributed by atoms with E-state index < -0.39 is 5.60 Å². The average Bonchev–Trinajstić information content (AvgIpc) is 3.05. The molecule has 1 aromatic rings. The van der Waals surface area contributed by atoms with E-state index in [0.717, 1.165) is 12.8 Å². The number of aromatic nitrogens is 2. The topological polar surface area (TPSA) is 80.4 Å². The highest BCUT2D eigenvalue weighted by Crippen LogP contribution is 2.32. The SMILES string of the molecule is CCOC(CC)(CC)c1noc([C@H]2C[C@H](O)CN2)n1. The molecule has 1 fully saturated rings. The number of hydrogen-bond donors (Lipinski definition) is 2. The smallest absolute Gasteiger partial charge is 0.243 e. The molecule has 0 radical (unpaired) electrons.